The summed E-state index contributed by atoms with van der Waals surface area (Å²) in [4.78, 5) is 27.5. The molecule has 1 saturated heterocycles. The lowest BCUT2D eigenvalue weighted by molar-refractivity contribution is -0.126. The predicted octanol–water partition coefficient (Wildman–Crippen LogP) is 2.73. The SMILES string of the molecule is COC(=O)c1cn([C@@H]2C[C@@H](C(=O)NCc3ccc(OC)cc3)N(C3CCCCCC3)C2)nn1. The van der Waals surface area contributed by atoms with Gasteiger partial charge in [-0.1, -0.05) is 43.0 Å². The first-order valence-corrected chi connectivity index (χ1v) is 11.8. The number of ether oxygens (including phenoxy) is 2. The Kier molecular flexibility index (Phi) is 7.59. The van der Waals surface area contributed by atoms with Crippen LogP contribution >= 0.6 is 0 Å². The number of benzene rings is 1. The van der Waals surface area contributed by atoms with Crippen molar-refractivity contribution < 1.29 is 19.1 Å². The molecule has 33 heavy (non-hydrogen) atoms. The van der Waals surface area contributed by atoms with Crippen LogP contribution in [0.5, 0.6) is 5.75 Å². The van der Waals surface area contributed by atoms with Crippen LogP contribution in [0, 0.1) is 0 Å². The summed E-state index contributed by atoms with van der Waals surface area (Å²) < 4.78 is 11.7. The zero-order valence-corrected chi connectivity index (χ0v) is 19.4. The van der Waals surface area contributed by atoms with E-state index in [4.69, 9.17) is 9.47 Å². The van der Waals surface area contributed by atoms with Gasteiger partial charge in [0, 0.05) is 19.1 Å². The molecule has 2 atom stereocenters. The molecule has 0 bridgehead atoms. The molecule has 178 valence electrons. The lowest BCUT2D eigenvalue weighted by Crippen LogP contribution is -2.47. The lowest BCUT2D eigenvalue weighted by atomic mass is 10.1. The molecule has 0 unspecified atom stereocenters. The van der Waals surface area contributed by atoms with Crippen LogP contribution in [-0.2, 0) is 16.1 Å². The van der Waals surface area contributed by atoms with E-state index in [0.29, 0.717) is 19.0 Å². The van der Waals surface area contributed by atoms with Gasteiger partial charge in [0.05, 0.1) is 32.5 Å². The number of likely N-dealkylation sites (tertiary alicyclic amines) is 1. The van der Waals surface area contributed by atoms with Crippen LogP contribution < -0.4 is 10.1 Å². The van der Waals surface area contributed by atoms with E-state index in [1.54, 1.807) is 18.0 Å². The Morgan fingerprint density at radius 3 is 2.45 bits per heavy atom. The largest absolute Gasteiger partial charge is 0.497 e. The Morgan fingerprint density at radius 2 is 1.79 bits per heavy atom. The number of rotatable bonds is 7. The molecule has 1 aromatic carbocycles. The normalized spacial score (nSPS) is 22.0. The van der Waals surface area contributed by atoms with Crippen LogP contribution in [0.25, 0.3) is 0 Å². The number of carbonyl (C=O) groups excluding carboxylic acids is 2. The molecule has 2 heterocycles. The van der Waals surface area contributed by atoms with Gasteiger partial charge in [-0.15, -0.1) is 5.10 Å². The van der Waals surface area contributed by atoms with Crippen LogP contribution in [0.15, 0.2) is 30.5 Å². The standard InChI is InChI=1S/C24H33N5O4/c1-32-20-11-9-17(10-12-20)14-25-23(30)22-13-19(29-16-21(26-27-29)24(31)33-2)15-28(22)18-7-5-3-4-6-8-18/h9-12,16,18-19,22H,3-8,13-15H2,1-2H3,(H,25,30)/t19-,22+/m1/s1. The van der Waals surface area contributed by atoms with Gasteiger partial charge in [0.2, 0.25) is 5.91 Å². The summed E-state index contributed by atoms with van der Waals surface area (Å²) >= 11 is 0. The predicted molar refractivity (Wildman–Crippen MR) is 122 cm³/mol. The quantitative estimate of drug-likeness (QED) is 0.506. The van der Waals surface area contributed by atoms with Gasteiger partial charge in [-0.2, -0.15) is 0 Å². The van der Waals surface area contributed by atoms with Crippen LogP contribution in [0.2, 0.25) is 0 Å². The minimum atomic E-state index is -0.506. The summed E-state index contributed by atoms with van der Waals surface area (Å²) in [6.07, 6.45) is 9.39. The second-order valence-electron chi connectivity index (χ2n) is 8.89. The van der Waals surface area contributed by atoms with Crippen LogP contribution in [0.4, 0.5) is 0 Å². The smallest absolute Gasteiger partial charge is 0.360 e. The number of aromatic nitrogens is 3. The van der Waals surface area contributed by atoms with Crippen molar-refractivity contribution in [3.63, 3.8) is 0 Å². The van der Waals surface area contributed by atoms with Gasteiger partial charge in [0.15, 0.2) is 5.69 Å². The fraction of sp³-hybridized carbons (Fsp3) is 0.583. The highest BCUT2D eigenvalue weighted by molar-refractivity contribution is 5.86. The molecule has 1 saturated carbocycles. The second kappa shape index (κ2) is 10.8. The molecule has 0 radical (unpaired) electrons. The molecular formula is C24H33N5O4. The molecule has 1 aliphatic carbocycles. The van der Waals surface area contributed by atoms with Gasteiger partial charge in [-0.3, -0.25) is 9.69 Å². The maximum atomic E-state index is 13.3. The Labute approximate surface area is 194 Å². The molecule has 1 aliphatic heterocycles. The highest BCUT2D eigenvalue weighted by Crippen LogP contribution is 2.33. The molecule has 1 amide bonds. The number of nitrogens with one attached hydrogen (secondary N) is 1. The van der Waals surface area contributed by atoms with Crippen LogP contribution in [-0.4, -0.2) is 64.6 Å². The average molecular weight is 456 g/mol. The highest BCUT2D eigenvalue weighted by Gasteiger charge is 2.41. The van der Waals surface area contributed by atoms with E-state index in [9.17, 15) is 9.59 Å². The van der Waals surface area contributed by atoms with Crippen molar-refractivity contribution in [3.05, 3.63) is 41.7 Å². The summed E-state index contributed by atoms with van der Waals surface area (Å²) in [6.45, 7) is 1.19. The highest BCUT2D eigenvalue weighted by atomic mass is 16.5. The zero-order valence-electron chi connectivity index (χ0n) is 19.4. The van der Waals surface area contributed by atoms with Crippen molar-refractivity contribution in [2.45, 2.75) is 69.6 Å². The van der Waals surface area contributed by atoms with E-state index >= 15 is 0 Å². The maximum absolute atomic E-state index is 13.3. The Hall–Kier alpha value is -2.94. The minimum absolute atomic E-state index is 0.0177. The molecule has 0 spiro atoms. The van der Waals surface area contributed by atoms with Crippen molar-refractivity contribution in [1.82, 2.24) is 25.2 Å². The molecule has 1 N–H and O–H groups in total. The first-order chi connectivity index (χ1) is 16.1. The number of esters is 1. The summed E-state index contributed by atoms with van der Waals surface area (Å²) in [7, 11) is 2.96. The van der Waals surface area contributed by atoms with Gasteiger partial charge in [-0.05, 0) is 37.0 Å². The monoisotopic (exact) mass is 455 g/mol. The summed E-state index contributed by atoms with van der Waals surface area (Å²) in [6, 6.07) is 7.85. The Morgan fingerprint density at radius 1 is 1.06 bits per heavy atom. The third-order valence-electron chi connectivity index (χ3n) is 6.82. The molecule has 4 rings (SSSR count). The summed E-state index contributed by atoms with van der Waals surface area (Å²) in [5.74, 6) is 0.321. The molecule has 9 heteroatoms. The van der Waals surface area contributed by atoms with Gasteiger partial charge in [-0.25, -0.2) is 9.48 Å². The van der Waals surface area contributed by atoms with E-state index in [-0.39, 0.29) is 23.7 Å². The van der Waals surface area contributed by atoms with Gasteiger partial charge < -0.3 is 14.8 Å². The van der Waals surface area contributed by atoms with Gasteiger partial charge >= 0.3 is 5.97 Å². The topological polar surface area (TPSA) is 98.6 Å². The van der Waals surface area contributed by atoms with E-state index in [1.165, 1.54) is 32.8 Å². The molecule has 1 aromatic heterocycles. The number of hydrogen-bond donors (Lipinski definition) is 1. The number of hydrogen-bond acceptors (Lipinski definition) is 7. The molecule has 2 fully saturated rings. The molecule has 9 nitrogen and oxygen atoms in total. The van der Waals surface area contributed by atoms with Crippen LogP contribution in [0.1, 0.15) is 67.0 Å². The molecule has 2 aliphatic rings. The summed E-state index contributed by atoms with van der Waals surface area (Å²) in [5, 5.41) is 11.2. The van der Waals surface area contributed by atoms with E-state index < -0.39 is 5.97 Å². The van der Waals surface area contributed by atoms with E-state index in [1.807, 2.05) is 24.3 Å². The number of amides is 1. The van der Waals surface area contributed by atoms with Crippen molar-refractivity contribution >= 4 is 11.9 Å². The number of carbonyl (C=O) groups is 2. The molecule has 2 aromatic rings. The van der Waals surface area contributed by atoms with Crippen molar-refractivity contribution in [2.24, 2.45) is 0 Å². The van der Waals surface area contributed by atoms with E-state index in [2.05, 4.69) is 20.5 Å². The number of methoxy groups -OCH3 is 2. The third kappa shape index (κ3) is 5.52. The van der Waals surface area contributed by atoms with Crippen molar-refractivity contribution in [3.8, 4) is 5.75 Å². The Bertz CT molecular complexity index is 937. The van der Waals surface area contributed by atoms with E-state index in [0.717, 1.165) is 30.7 Å². The fourth-order valence-electron chi connectivity index (χ4n) is 4.98. The summed E-state index contributed by atoms with van der Waals surface area (Å²) in [5.41, 5.74) is 1.21. The second-order valence-corrected chi connectivity index (χ2v) is 8.89. The first kappa shape index (κ1) is 23.2. The Balaban J connectivity index is 1.47. The first-order valence-electron chi connectivity index (χ1n) is 11.8. The lowest BCUT2D eigenvalue weighted by Gasteiger charge is -2.31. The van der Waals surface area contributed by atoms with Crippen molar-refractivity contribution in [1.29, 1.82) is 0 Å². The maximum Gasteiger partial charge on any atom is 0.360 e. The molecular weight excluding hydrogens is 422 g/mol. The third-order valence-corrected chi connectivity index (χ3v) is 6.82. The van der Waals surface area contributed by atoms with Gasteiger partial charge in [0.25, 0.3) is 0 Å². The minimum Gasteiger partial charge on any atom is -0.497 e. The van der Waals surface area contributed by atoms with Crippen LogP contribution in [0.3, 0.4) is 0 Å². The zero-order chi connectivity index (χ0) is 23.2. The number of nitrogens with zero attached hydrogens (tertiary/aromatic N) is 4. The average Bonchev–Trinajstić information content (AvgIpc) is 3.43. The fourth-order valence-corrected chi connectivity index (χ4v) is 4.98. The van der Waals surface area contributed by atoms with Gasteiger partial charge in [0.1, 0.15) is 5.75 Å². The van der Waals surface area contributed by atoms with Crippen molar-refractivity contribution in [2.75, 3.05) is 20.8 Å².